The molecule has 1 atom stereocenters. The minimum absolute atomic E-state index is 0.135. The van der Waals surface area contributed by atoms with Gasteiger partial charge in [0.25, 0.3) is 0 Å². The Morgan fingerprint density at radius 3 is 2.65 bits per heavy atom. The average molecular weight is 378 g/mol. The smallest absolute Gasteiger partial charge is 0.243 e. The number of sulfonamides is 1. The van der Waals surface area contributed by atoms with Crippen LogP contribution >= 0.6 is 0 Å². The van der Waals surface area contributed by atoms with Gasteiger partial charge in [-0.25, -0.2) is 12.8 Å². The van der Waals surface area contributed by atoms with E-state index in [0.717, 1.165) is 11.1 Å². The molecule has 0 saturated carbocycles. The Bertz CT molecular complexity index is 869. The van der Waals surface area contributed by atoms with E-state index in [1.807, 2.05) is 13.8 Å². The number of piperazine rings is 1. The summed E-state index contributed by atoms with van der Waals surface area (Å²) in [6, 6.07) is 11.1. The first-order chi connectivity index (χ1) is 12.4. The number of nitrogens with one attached hydrogen (secondary N) is 1. The lowest BCUT2D eigenvalue weighted by Crippen LogP contribution is -2.51. The van der Waals surface area contributed by atoms with Gasteiger partial charge in [0, 0.05) is 25.7 Å². The van der Waals surface area contributed by atoms with Crippen molar-refractivity contribution >= 4 is 10.0 Å². The Balaban J connectivity index is 1.69. The van der Waals surface area contributed by atoms with E-state index in [9.17, 15) is 12.8 Å². The van der Waals surface area contributed by atoms with Gasteiger partial charge in [-0.15, -0.1) is 0 Å². The maximum Gasteiger partial charge on any atom is 0.243 e. The van der Waals surface area contributed by atoms with Gasteiger partial charge in [-0.2, -0.15) is 4.31 Å². The van der Waals surface area contributed by atoms with Crippen molar-refractivity contribution in [2.75, 3.05) is 19.6 Å². The van der Waals surface area contributed by atoms with Gasteiger partial charge >= 0.3 is 0 Å². The lowest BCUT2D eigenvalue weighted by Gasteiger charge is -2.31. The van der Waals surface area contributed by atoms with Crippen molar-refractivity contribution in [3.63, 3.8) is 0 Å². The predicted molar refractivity (Wildman–Crippen MR) is 98.1 cm³/mol. The van der Waals surface area contributed by atoms with Gasteiger partial charge in [-0.05, 0) is 61.4 Å². The third kappa shape index (κ3) is 4.23. The topological polar surface area (TPSA) is 58.6 Å². The summed E-state index contributed by atoms with van der Waals surface area (Å²) in [5.74, 6) is 0.238. The van der Waals surface area contributed by atoms with Crippen molar-refractivity contribution < 1.29 is 17.5 Å². The van der Waals surface area contributed by atoms with Crippen LogP contribution in [0.25, 0.3) is 0 Å². The summed E-state index contributed by atoms with van der Waals surface area (Å²) in [6.07, 6.45) is 0. The molecule has 1 saturated heterocycles. The van der Waals surface area contributed by atoms with Gasteiger partial charge in [-0.3, -0.25) is 0 Å². The molecule has 0 radical (unpaired) electrons. The summed E-state index contributed by atoms with van der Waals surface area (Å²) >= 11 is 0. The van der Waals surface area contributed by atoms with Crippen LogP contribution in [0.3, 0.4) is 0 Å². The summed E-state index contributed by atoms with van der Waals surface area (Å²) in [6.45, 7) is 5.65. The molecule has 3 rings (SSSR count). The number of ether oxygens (including phenoxy) is 1. The molecule has 2 aromatic carbocycles. The number of halogens is 1. The summed E-state index contributed by atoms with van der Waals surface area (Å²) < 4.78 is 45.9. The lowest BCUT2D eigenvalue weighted by molar-refractivity contribution is 0.304. The van der Waals surface area contributed by atoms with Gasteiger partial charge in [-0.1, -0.05) is 6.07 Å². The third-order valence-corrected chi connectivity index (χ3v) is 6.38. The summed E-state index contributed by atoms with van der Waals surface area (Å²) in [5, 5.41) is 3.23. The molecule has 0 bridgehead atoms. The van der Waals surface area contributed by atoms with Crippen LogP contribution in [0.5, 0.6) is 5.75 Å². The maximum atomic E-state index is 13.3. The molecule has 2 aromatic rings. The fourth-order valence-electron chi connectivity index (χ4n) is 2.93. The van der Waals surface area contributed by atoms with E-state index < -0.39 is 10.0 Å². The van der Waals surface area contributed by atoms with E-state index in [1.165, 1.54) is 16.4 Å². The molecule has 0 aliphatic carbocycles. The highest BCUT2D eigenvalue weighted by Crippen LogP contribution is 2.22. The van der Waals surface area contributed by atoms with Crippen molar-refractivity contribution in [2.24, 2.45) is 0 Å². The molecule has 0 amide bonds. The number of nitrogens with zero attached hydrogens (tertiary/aromatic N) is 1. The van der Waals surface area contributed by atoms with Gasteiger partial charge in [0.2, 0.25) is 10.0 Å². The van der Waals surface area contributed by atoms with Crippen LogP contribution < -0.4 is 10.1 Å². The van der Waals surface area contributed by atoms with E-state index in [2.05, 4.69) is 5.32 Å². The van der Waals surface area contributed by atoms with Gasteiger partial charge in [0.15, 0.2) is 0 Å². The molecule has 5 nitrogen and oxygen atoms in total. The zero-order valence-corrected chi connectivity index (χ0v) is 15.7. The Morgan fingerprint density at radius 1 is 1.23 bits per heavy atom. The molecule has 26 heavy (non-hydrogen) atoms. The summed E-state index contributed by atoms with van der Waals surface area (Å²) in [7, 11) is -3.50. The number of aryl methyl sites for hydroxylation is 1. The van der Waals surface area contributed by atoms with Gasteiger partial charge in [0.05, 0.1) is 4.90 Å². The lowest BCUT2D eigenvalue weighted by atomic mass is 10.1. The quantitative estimate of drug-likeness (QED) is 0.869. The predicted octanol–water partition coefficient (Wildman–Crippen LogP) is 2.70. The molecule has 1 N–H and O–H groups in total. The van der Waals surface area contributed by atoms with Crippen LogP contribution in [0.15, 0.2) is 47.4 Å². The largest absolute Gasteiger partial charge is 0.489 e. The molecular weight excluding hydrogens is 355 g/mol. The zero-order chi connectivity index (χ0) is 18.7. The number of rotatable bonds is 5. The Labute approximate surface area is 153 Å². The Kier molecular flexibility index (Phi) is 5.60. The molecular formula is C19H23FN2O3S. The first kappa shape index (κ1) is 18.8. The molecule has 1 heterocycles. The van der Waals surface area contributed by atoms with E-state index in [1.54, 1.807) is 30.3 Å². The minimum Gasteiger partial charge on any atom is -0.489 e. The molecule has 140 valence electrons. The molecule has 1 aliphatic heterocycles. The average Bonchev–Trinajstić information content (AvgIpc) is 2.63. The zero-order valence-electron chi connectivity index (χ0n) is 14.9. The number of hydrogen-bond acceptors (Lipinski definition) is 4. The number of benzene rings is 2. The van der Waals surface area contributed by atoms with Crippen LogP contribution in [0, 0.1) is 12.7 Å². The van der Waals surface area contributed by atoms with E-state index in [4.69, 9.17) is 4.74 Å². The second-order valence-electron chi connectivity index (χ2n) is 6.55. The van der Waals surface area contributed by atoms with Crippen LogP contribution in [0.1, 0.15) is 18.1 Å². The first-order valence-corrected chi connectivity index (χ1v) is 10.0. The van der Waals surface area contributed by atoms with Crippen LogP contribution in [-0.4, -0.2) is 38.4 Å². The minimum atomic E-state index is -3.50. The molecule has 7 heteroatoms. The Hall–Kier alpha value is -1.96. The first-order valence-electron chi connectivity index (χ1n) is 8.58. The Morgan fingerprint density at radius 2 is 1.96 bits per heavy atom. The molecule has 0 spiro atoms. The highest BCUT2D eigenvalue weighted by molar-refractivity contribution is 7.89. The fourth-order valence-corrected chi connectivity index (χ4v) is 4.46. The van der Waals surface area contributed by atoms with Crippen molar-refractivity contribution in [3.8, 4) is 5.75 Å². The van der Waals surface area contributed by atoms with E-state index in [0.29, 0.717) is 25.4 Å². The van der Waals surface area contributed by atoms with Crippen molar-refractivity contribution in [1.82, 2.24) is 9.62 Å². The maximum absolute atomic E-state index is 13.3. The standard InChI is InChI=1S/C19H23FN2O3S/c1-14-3-4-17(20)11-16(14)13-25-18-5-7-19(8-6-18)26(23,24)22-10-9-21-15(2)12-22/h3-8,11,15,21H,9-10,12-13H2,1-2H3. The monoisotopic (exact) mass is 378 g/mol. The van der Waals surface area contributed by atoms with Gasteiger partial charge in [0.1, 0.15) is 18.2 Å². The van der Waals surface area contributed by atoms with Crippen LogP contribution in [0.2, 0.25) is 0 Å². The number of hydrogen-bond donors (Lipinski definition) is 1. The van der Waals surface area contributed by atoms with Gasteiger partial charge < -0.3 is 10.1 Å². The second-order valence-corrected chi connectivity index (χ2v) is 8.49. The molecule has 1 unspecified atom stereocenters. The van der Waals surface area contributed by atoms with Crippen molar-refractivity contribution in [1.29, 1.82) is 0 Å². The molecule has 1 aliphatic rings. The second kappa shape index (κ2) is 7.73. The molecule has 0 aromatic heterocycles. The third-order valence-electron chi connectivity index (χ3n) is 4.50. The van der Waals surface area contributed by atoms with Crippen molar-refractivity contribution in [3.05, 3.63) is 59.4 Å². The summed E-state index contributed by atoms with van der Waals surface area (Å²) in [5.41, 5.74) is 1.70. The highest BCUT2D eigenvalue weighted by atomic mass is 32.2. The van der Waals surface area contributed by atoms with Crippen LogP contribution in [0.4, 0.5) is 4.39 Å². The van der Waals surface area contributed by atoms with E-state index >= 15 is 0 Å². The SMILES string of the molecule is Cc1ccc(F)cc1COc1ccc(S(=O)(=O)N2CCNC(C)C2)cc1. The highest BCUT2D eigenvalue weighted by Gasteiger charge is 2.28. The van der Waals surface area contributed by atoms with E-state index in [-0.39, 0.29) is 23.4 Å². The molecule has 1 fully saturated rings. The van der Waals surface area contributed by atoms with Crippen molar-refractivity contribution in [2.45, 2.75) is 31.4 Å². The normalized spacial score (nSPS) is 18.7. The summed E-state index contributed by atoms with van der Waals surface area (Å²) in [4.78, 5) is 0.251. The fraction of sp³-hybridized carbons (Fsp3) is 0.368. The van der Waals surface area contributed by atoms with Crippen LogP contribution in [-0.2, 0) is 16.6 Å².